The molecule has 1 aromatic carbocycles. The maximum absolute atomic E-state index is 11.7. The fraction of sp³-hybridized carbons (Fsp3) is 0.611. The highest BCUT2D eigenvalue weighted by Gasteiger charge is 2.48. The predicted molar refractivity (Wildman–Crippen MR) is 86.6 cm³/mol. The van der Waals surface area contributed by atoms with E-state index >= 15 is 0 Å². The minimum atomic E-state index is -0.298. The van der Waals surface area contributed by atoms with Crippen LogP contribution in [0.5, 0.6) is 5.75 Å². The number of likely N-dealkylation sites (N-methyl/N-ethyl adjacent to an activating group) is 1. The van der Waals surface area contributed by atoms with Crippen LogP contribution < -0.4 is 4.74 Å². The van der Waals surface area contributed by atoms with Gasteiger partial charge in [-0.25, -0.2) is 4.79 Å². The van der Waals surface area contributed by atoms with Crippen LogP contribution in [-0.2, 0) is 17.7 Å². The molecule has 2 fully saturated rings. The molecule has 3 aliphatic heterocycles. The lowest BCUT2D eigenvalue weighted by Gasteiger charge is -2.22. The molecule has 0 radical (unpaired) electrons. The zero-order chi connectivity index (χ0) is 16.2. The maximum Gasteiger partial charge on any atom is 0.410 e. The standard InChI is InChI=1S/C18H24N2O3/c1-17(2)9-14-8-13(4-5-15(14)22-17)10-20-7-6-18(12-20)11-19(3)16(21)23-18/h4-5,8H,6-7,9-12H2,1-3H3. The number of rotatable bonds is 2. The van der Waals surface area contributed by atoms with Crippen molar-refractivity contribution >= 4 is 6.09 Å². The first kappa shape index (κ1) is 14.8. The molecular weight excluding hydrogens is 292 g/mol. The molecule has 1 amide bonds. The van der Waals surface area contributed by atoms with Gasteiger partial charge in [-0.15, -0.1) is 0 Å². The molecular formula is C18H24N2O3. The third-order valence-electron chi connectivity index (χ3n) is 5.07. The van der Waals surface area contributed by atoms with Crippen molar-refractivity contribution in [3.05, 3.63) is 29.3 Å². The highest BCUT2D eigenvalue weighted by Crippen LogP contribution is 2.36. The Hall–Kier alpha value is -1.75. The van der Waals surface area contributed by atoms with E-state index in [1.807, 2.05) is 7.05 Å². The zero-order valence-electron chi connectivity index (χ0n) is 14.1. The number of amides is 1. The SMILES string of the molecule is CN1CC2(CCN(Cc3ccc4c(c3)CC(C)(C)O4)C2)OC1=O. The van der Waals surface area contributed by atoms with E-state index in [9.17, 15) is 4.79 Å². The van der Waals surface area contributed by atoms with Crippen molar-refractivity contribution in [3.63, 3.8) is 0 Å². The van der Waals surface area contributed by atoms with Crippen LogP contribution in [0.2, 0.25) is 0 Å². The monoisotopic (exact) mass is 316 g/mol. The van der Waals surface area contributed by atoms with Crippen molar-refractivity contribution in [1.29, 1.82) is 0 Å². The van der Waals surface area contributed by atoms with Crippen LogP contribution in [0.1, 0.15) is 31.4 Å². The number of hydrogen-bond acceptors (Lipinski definition) is 4. The highest BCUT2D eigenvalue weighted by molar-refractivity contribution is 5.70. The molecule has 3 heterocycles. The van der Waals surface area contributed by atoms with E-state index < -0.39 is 0 Å². The Kier molecular flexibility index (Phi) is 3.14. The Bertz CT molecular complexity index is 658. The summed E-state index contributed by atoms with van der Waals surface area (Å²) in [5.41, 5.74) is 2.21. The van der Waals surface area contributed by atoms with E-state index in [1.165, 1.54) is 11.1 Å². The number of nitrogens with zero attached hydrogens (tertiary/aromatic N) is 2. The average molecular weight is 316 g/mol. The molecule has 0 aliphatic carbocycles. The van der Waals surface area contributed by atoms with Gasteiger partial charge in [-0.2, -0.15) is 0 Å². The molecule has 3 aliphatic rings. The zero-order valence-corrected chi connectivity index (χ0v) is 14.1. The molecule has 0 aromatic heterocycles. The van der Waals surface area contributed by atoms with Gasteiger partial charge in [0.2, 0.25) is 0 Å². The van der Waals surface area contributed by atoms with Gasteiger partial charge in [0.05, 0.1) is 6.54 Å². The largest absolute Gasteiger partial charge is 0.487 e. The molecule has 0 N–H and O–H groups in total. The summed E-state index contributed by atoms with van der Waals surface area (Å²) in [4.78, 5) is 15.7. The minimum Gasteiger partial charge on any atom is -0.487 e. The van der Waals surface area contributed by atoms with E-state index in [2.05, 4.69) is 36.9 Å². The summed E-state index contributed by atoms with van der Waals surface area (Å²) in [6.07, 6.45) is 1.69. The van der Waals surface area contributed by atoms with E-state index in [1.54, 1.807) is 4.90 Å². The average Bonchev–Trinajstić information content (AvgIpc) is 3.06. The number of hydrogen-bond donors (Lipinski definition) is 0. The summed E-state index contributed by atoms with van der Waals surface area (Å²) in [7, 11) is 1.81. The van der Waals surface area contributed by atoms with Crippen LogP contribution in [-0.4, -0.2) is 53.8 Å². The van der Waals surface area contributed by atoms with Gasteiger partial charge < -0.3 is 14.4 Å². The molecule has 1 unspecified atom stereocenters. The first-order chi connectivity index (χ1) is 10.8. The smallest absolute Gasteiger partial charge is 0.410 e. The fourth-order valence-corrected chi connectivity index (χ4v) is 4.09. The molecule has 23 heavy (non-hydrogen) atoms. The summed E-state index contributed by atoms with van der Waals surface area (Å²) in [6.45, 7) is 7.65. The summed E-state index contributed by atoms with van der Waals surface area (Å²) >= 11 is 0. The van der Waals surface area contributed by atoms with Crippen LogP contribution >= 0.6 is 0 Å². The van der Waals surface area contributed by atoms with Crippen LogP contribution in [0.15, 0.2) is 18.2 Å². The molecule has 5 heteroatoms. The van der Waals surface area contributed by atoms with Gasteiger partial charge in [-0.05, 0) is 31.0 Å². The first-order valence-corrected chi connectivity index (χ1v) is 8.32. The van der Waals surface area contributed by atoms with Gasteiger partial charge >= 0.3 is 6.09 Å². The van der Waals surface area contributed by atoms with Gasteiger partial charge in [0.1, 0.15) is 17.0 Å². The number of ether oxygens (including phenoxy) is 2. The Labute approximate surface area is 137 Å². The second-order valence-electron chi connectivity index (χ2n) is 7.85. The Morgan fingerprint density at radius 1 is 1.22 bits per heavy atom. The minimum absolute atomic E-state index is 0.0959. The van der Waals surface area contributed by atoms with Crippen LogP contribution in [0.25, 0.3) is 0 Å². The molecule has 0 bridgehead atoms. The molecule has 124 valence electrons. The summed E-state index contributed by atoms with van der Waals surface area (Å²) in [5, 5.41) is 0. The second kappa shape index (κ2) is 4.87. The van der Waals surface area contributed by atoms with Gasteiger partial charge in [-0.1, -0.05) is 12.1 Å². The molecule has 1 atom stereocenters. The molecule has 1 spiro atoms. The van der Waals surface area contributed by atoms with Crippen molar-refractivity contribution in [1.82, 2.24) is 9.80 Å². The Morgan fingerprint density at radius 3 is 2.78 bits per heavy atom. The molecule has 0 saturated carbocycles. The number of fused-ring (bicyclic) bond motifs is 1. The summed E-state index contributed by atoms with van der Waals surface area (Å²) in [5.74, 6) is 1.02. The lowest BCUT2D eigenvalue weighted by atomic mass is 10.00. The van der Waals surface area contributed by atoms with Crippen LogP contribution in [0.4, 0.5) is 4.79 Å². The number of carbonyl (C=O) groups excluding carboxylic acids is 1. The fourth-order valence-electron chi connectivity index (χ4n) is 4.09. The number of benzene rings is 1. The van der Waals surface area contributed by atoms with Crippen LogP contribution in [0.3, 0.4) is 0 Å². The van der Waals surface area contributed by atoms with Crippen LogP contribution in [0, 0.1) is 0 Å². The summed E-state index contributed by atoms with van der Waals surface area (Å²) in [6, 6.07) is 6.51. The van der Waals surface area contributed by atoms with Gasteiger partial charge in [0, 0.05) is 39.5 Å². The topological polar surface area (TPSA) is 42.0 Å². The van der Waals surface area contributed by atoms with Gasteiger partial charge in [0.15, 0.2) is 0 Å². The lowest BCUT2D eigenvalue weighted by molar-refractivity contribution is 0.0627. The maximum atomic E-state index is 11.7. The highest BCUT2D eigenvalue weighted by atomic mass is 16.6. The summed E-state index contributed by atoms with van der Waals surface area (Å²) < 4.78 is 11.6. The number of carbonyl (C=O) groups is 1. The Morgan fingerprint density at radius 2 is 2.04 bits per heavy atom. The molecule has 5 nitrogen and oxygen atoms in total. The lowest BCUT2D eigenvalue weighted by Crippen LogP contribution is -2.37. The third-order valence-corrected chi connectivity index (χ3v) is 5.07. The van der Waals surface area contributed by atoms with Crippen molar-refractivity contribution in [3.8, 4) is 5.75 Å². The van der Waals surface area contributed by atoms with E-state index in [4.69, 9.17) is 9.47 Å². The van der Waals surface area contributed by atoms with Crippen molar-refractivity contribution < 1.29 is 14.3 Å². The first-order valence-electron chi connectivity index (χ1n) is 8.32. The quantitative estimate of drug-likeness (QED) is 0.840. The van der Waals surface area contributed by atoms with E-state index in [0.717, 1.165) is 38.2 Å². The van der Waals surface area contributed by atoms with Crippen molar-refractivity contribution in [2.45, 2.75) is 44.4 Å². The van der Waals surface area contributed by atoms with Gasteiger partial charge in [-0.3, -0.25) is 4.90 Å². The molecule has 1 aromatic rings. The number of likely N-dealkylation sites (tertiary alicyclic amines) is 1. The second-order valence-corrected chi connectivity index (χ2v) is 7.85. The van der Waals surface area contributed by atoms with E-state index in [-0.39, 0.29) is 17.3 Å². The third kappa shape index (κ3) is 2.67. The predicted octanol–water partition coefficient (Wildman–Crippen LogP) is 2.43. The molecule has 4 rings (SSSR count). The normalized spacial score (nSPS) is 29.0. The van der Waals surface area contributed by atoms with Gasteiger partial charge in [0.25, 0.3) is 0 Å². The van der Waals surface area contributed by atoms with Crippen molar-refractivity contribution in [2.24, 2.45) is 0 Å². The Balaban J connectivity index is 1.44. The van der Waals surface area contributed by atoms with Crippen molar-refractivity contribution in [2.75, 3.05) is 26.7 Å². The molecule has 2 saturated heterocycles. The van der Waals surface area contributed by atoms with E-state index in [0.29, 0.717) is 6.54 Å².